The molecule has 0 bridgehead atoms. The van der Waals surface area contributed by atoms with Gasteiger partial charge >= 0.3 is 6.18 Å². The highest BCUT2D eigenvalue weighted by molar-refractivity contribution is 5.93. The monoisotopic (exact) mass is 302 g/mol. The maximum absolute atomic E-state index is 12.8. The van der Waals surface area contributed by atoms with Gasteiger partial charge in [0.25, 0.3) is 0 Å². The second-order valence-corrected chi connectivity index (χ2v) is 5.01. The lowest BCUT2D eigenvalue weighted by Gasteiger charge is -2.30. The van der Waals surface area contributed by atoms with Crippen molar-refractivity contribution in [2.75, 3.05) is 31.6 Å². The first-order valence-electron chi connectivity index (χ1n) is 6.66. The Morgan fingerprint density at radius 3 is 2.81 bits per heavy atom. The van der Waals surface area contributed by atoms with Gasteiger partial charge in [-0.25, -0.2) is 0 Å². The van der Waals surface area contributed by atoms with Gasteiger partial charge in [-0.05, 0) is 19.1 Å². The molecule has 0 radical (unpaired) electrons. The van der Waals surface area contributed by atoms with E-state index in [1.54, 1.807) is 0 Å². The van der Waals surface area contributed by atoms with Crippen molar-refractivity contribution in [1.29, 1.82) is 0 Å². The molecule has 1 aliphatic rings. The Kier molecular flexibility index (Phi) is 4.84. The smallest absolute Gasteiger partial charge is 0.376 e. The van der Waals surface area contributed by atoms with Crippen LogP contribution in [0.5, 0.6) is 0 Å². The Bertz CT molecular complexity index is 505. The van der Waals surface area contributed by atoms with E-state index >= 15 is 0 Å². The molecule has 1 aromatic rings. The molecule has 1 fully saturated rings. The van der Waals surface area contributed by atoms with Crippen molar-refractivity contribution in [2.24, 2.45) is 0 Å². The number of anilines is 1. The molecule has 0 aromatic heterocycles. The summed E-state index contributed by atoms with van der Waals surface area (Å²) in [6.45, 7) is 3.66. The van der Waals surface area contributed by atoms with Gasteiger partial charge in [-0.1, -0.05) is 12.1 Å². The van der Waals surface area contributed by atoms with Gasteiger partial charge in [-0.2, -0.15) is 13.2 Å². The van der Waals surface area contributed by atoms with E-state index < -0.39 is 17.6 Å². The van der Waals surface area contributed by atoms with Crippen molar-refractivity contribution in [3.8, 4) is 0 Å². The Hall–Kier alpha value is -1.60. The van der Waals surface area contributed by atoms with Gasteiger partial charge in [0.15, 0.2) is 0 Å². The summed E-state index contributed by atoms with van der Waals surface area (Å²) < 4.78 is 43.8. The zero-order valence-corrected chi connectivity index (χ0v) is 11.6. The molecule has 0 saturated carbocycles. The molecule has 1 N–H and O–H groups in total. The first-order chi connectivity index (χ1) is 9.86. The van der Waals surface area contributed by atoms with E-state index in [2.05, 4.69) is 5.32 Å². The number of alkyl halides is 3. The summed E-state index contributed by atoms with van der Waals surface area (Å²) in [5, 5.41) is 2.34. The Balaban J connectivity index is 2.00. The van der Waals surface area contributed by atoms with Gasteiger partial charge in [0.05, 0.1) is 30.5 Å². The van der Waals surface area contributed by atoms with Gasteiger partial charge in [-0.15, -0.1) is 0 Å². The zero-order chi connectivity index (χ0) is 15.5. The van der Waals surface area contributed by atoms with Crippen molar-refractivity contribution in [1.82, 2.24) is 4.90 Å². The molecule has 7 heteroatoms. The number of carbonyl (C=O) groups excluding carboxylic acids is 1. The average Bonchev–Trinajstić information content (AvgIpc) is 2.37. The molecule has 21 heavy (non-hydrogen) atoms. The summed E-state index contributed by atoms with van der Waals surface area (Å²) in [5.74, 6) is -0.458. The fraction of sp³-hybridized carbons (Fsp3) is 0.500. The van der Waals surface area contributed by atoms with E-state index in [4.69, 9.17) is 4.74 Å². The number of rotatable bonds is 3. The van der Waals surface area contributed by atoms with E-state index in [1.807, 2.05) is 11.8 Å². The van der Waals surface area contributed by atoms with Crippen molar-refractivity contribution < 1.29 is 22.7 Å². The van der Waals surface area contributed by atoms with Crippen LogP contribution in [0.2, 0.25) is 0 Å². The van der Waals surface area contributed by atoms with Crippen LogP contribution < -0.4 is 5.32 Å². The third-order valence-electron chi connectivity index (χ3n) is 3.20. The molecule has 1 aromatic carbocycles. The summed E-state index contributed by atoms with van der Waals surface area (Å²) >= 11 is 0. The molecule has 116 valence electrons. The highest BCUT2D eigenvalue weighted by Crippen LogP contribution is 2.34. The second-order valence-electron chi connectivity index (χ2n) is 5.01. The van der Waals surface area contributed by atoms with Crippen LogP contribution in [0, 0.1) is 0 Å². The normalized spacial score (nSPS) is 20.3. The van der Waals surface area contributed by atoms with Crippen molar-refractivity contribution >= 4 is 11.6 Å². The highest BCUT2D eigenvalue weighted by Gasteiger charge is 2.33. The van der Waals surface area contributed by atoms with E-state index in [-0.39, 0.29) is 18.3 Å². The van der Waals surface area contributed by atoms with Crippen molar-refractivity contribution in [3.05, 3.63) is 29.8 Å². The van der Waals surface area contributed by atoms with E-state index in [0.717, 1.165) is 6.07 Å². The number of nitrogens with one attached hydrogen (secondary N) is 1. The van der Waals surface area contributed by atoms with Crippen LogP contribution in [0.1, 0.15) is 12.5 Å². The van der Waals surface area contributed by atoms with E-state index in [1.165, 1.54) is 18.2 Å². The van der Waals surface area contributed by atoms with Gasteiger partial charge in [0, 0.05) is 13.1 Å². The molecular formula is C14H17F3N2O2. The SMILES string of the molecule is C[C@H]1CN(CC(=O)Nc2ccccc2C(F)(F)F)CCO1. The van der Waals surface area contributed by atoms with Gasteiger partial charge in [0.1, 0.15) is 0 Å². The standard InChI is InChI=1S/C14H17F3N2O2/c1-10-8-19(6-7-21-10)9-13(20)18-12-5-3-2-4-11(12)14(15,16)17/h2-5,10H,6-9H2,1H3,(H,18,20)/t10-/m0/s1. The molecule has 1 heterocycles. The first kappa shape index (κ1) is 15.8. The molecule has 1 atom stereocenters. The van der Waals surface area contributed by atoms with Gasteiger partial charge in [-0.3, -0.25) is 9.69 Å². The van der Waals surface area contributed by atoms with Gasteiger partial charge in [0.2, 0.25) is 5.91 Å². The number of halogens is 3. The number of morpholine rings is 1. The molecule has 2 rings (SSSR count). The molecule has 1 aliphatic heterocycles. The predicted molar refractivity (Wildman–Crippen MR) is 71.9 cm³/mol. The number of nitrogens with zero attached hydrogens (tertiary/aromatic N) is 1. The van der Waals surface area contributed by atoms with E-state index in [9.17, 15) is 18.0 Å². The summed E-state index contributed by atoms with van der Waals surface area (Å²) in [7, 11) is 0. The Morgan fingerprint density at radius 1 is 1.43 bits per heavy atom. The Labute approximate surface area is 120 Å². The quantitative estimate of drug-likeness (QED) is 0.932. The third kappa shape index (κ3) is 4.44. The molecule has 0 unspecified atom stereocenters. The predicted octanol–water partition coefficient (Wildman–Crippen LogP) is 2.36. The third-order valence-corrected chi connectivity index (χ3v) is 3.20. The largest absolute Gasteiger partial charge is 0.418 e. The lowest BCUT2D eigenvalue weighted by Crippen LogP contribution is -2.44. The Morgan fingerprint density at radius 2 is 2.14 bits per heavy atom. The number of hydrogen-bond donors (Lipinski definition) is 1. The number of ether oxygens (including phenoxy) is 1. The molecular weight excluding hydrogens is 285 g/mol. The van der Waals surface area contributed by atoms with Crippen LogP contribution in [0.4, 0.5) is 18.9 Å². The second kappa shape index (κ2) is 6.44. The first-order valence-corrected chi connectivity index (χ1v) is 6.66. The fourth-order valence-electron chi connectivity index (χ4n) is 2.27. The highest BCUT2D eigenvalue weighted by atomic mass is 19.4. The summed E-state index contributed by atoms with van der Waals surface area (Å²) in [4.78, 5) is 13.8. The zero-order valence-electron chi connectivity index (χ0n) is 11.6. The minimum Gasteiger partial charge on any atom is -0.376 e. The van der Waals surface area contributed by atoms with Gasteiger partial charge < -0.3 is 10.1 Å². The molecule has 1 amide bonds. The number of benzene rings is 1. The number of hydrogen-bond acceptors (Lipinski definition) is 3. The topological polar surface area (TPSA) is 41.6 Å². The minimum absolute atomic E-state index is 0.0222. The summed E-state index contributed by atoms with van der Waals surface area (Å²) in [6, 6.07) is 4.96. The van der Waals surface area contributed by atoms with Crippen LogP contribution in [-0.2, 0) is 15.7 Å². The fourth-order valence-corrected chi connectivity index (χ4v) is 2.27. The number of carbonyl (C=O) groups is 1. The molecule has 1 saturated heterocycles. The van der Waals surface area contributed by atoms with Crippen LogP contribution in [0.25, 0.3) is 0 Å². The molecule has 4 nitrogen and oxygen atoms in total. The molecule has 0 spiro atoms. The molecule has 0 aliphatic carbocycles. The summed E-state index contributed by atoms with van der Waals surface area (Å²) in [5.41, 5.74) is -1.05. The van der Waals surface area contributed by atoms with Crippen LogP contribution in [-0.4, -0.2) is 43.2 Å². The maximum Gasteiger partial charge on any atom is 0.418 e. The van der Waals surface area contributed by atoms with Crippen LogP contribution in [0.3, 0.4) is 0 Å². The van der Waals surface area contributed by atoms with Crippen LogP contribution in [0.15, 0.2) is 24.3 Å². The lowest BCUT2D eigenvalue weighted by atomic mass is 10.1. The summed E-state index contributed by atoms with van der Waals surface area (Å²) in [6.07, 6.45) is -4.47. The van der Waals surface area contributed by atoms with Crippen LogP contribution >= 0.6 is 0 Å². The average molecular weight is 302 g/mol. The number of amides is 1. The minimum atomic E-state index is -4.49. The van der Waals surface area contributed by atoms with Crippen molar-refractivity contribution in [2.45, 2.75) is 19.2 Å². The van der Waals surface area contributed by atoms with E-state index in [0.29, 0.717) is 19.7 Å². The van der Waals surface area contributed by atoms with Crippen molar-refractivity contribution in [3.63, 3.8) is 0 Å². The maximum atomic E-state index is 12.8. The lowest BCUT2D eigenvalue weighted by molar-refractivity contribution is -0.137. The number of para-hydroxylation sites is 1.